The number of benzene rings is 2. The summed E-state index contributed by atoms with van der Waals surface area (Å²) in [6.07, 6.45) is 4.52. The number of hydrogen-bond acceptors (Lipinski definition) is 4. The van der Waals surface area contributed by atoms with Gasteiger partial charge in [0, 0.05) is 35.6 Å². The molecule has 6 nitrogen and oxygen atoms in total. The highest BCUT2D eigenvalue weighted by atomic mass is 32.2. The van der Waals surface area contributed by atoms with Crippen molar-refractivity contribution < 1.29 is 8.42 Å². The quantitative estimate of drug-likeness (QED) is 0.553. The van der Waals surface area contributed by atoms with Crippen molar-refractivity contribution in [3.8, 4) is 11.3 Å². The molecule has 0 spiro atoms. The zero-order valence-electron chi connectivity index (χ0n) is 15.4. The number of nitrogens with one attached hydrogen (secondary N) is 2. The molecule has 0 fully saturated rings. The number of sulfone groups is 1. The fourth-order valence-electron chi connectivity index (χ4n) is 3.31. The first kappa shape index (κ1) is 18.1. The van der Waals surface area contributed by atoms with Crippen molar-refractivity contribution in [1.82, 2.24) is 9.38 Å². The van der Waals surface area contributed by atoms with Gasteiger partial charge in [0.1, 0.15) is 5.52 Å². The van der Waals surface area contributed by atoms with Gasteiger partial charge in [-0.25, -0.2) is 8.42 Å². The molecule has 2 heterocycles. The maximum absolute atomic E-state index is 12.3. The number of fused-ring (bicyclic) bond motifs is 1. The lowest BCUT2D eigenvalue weighted by atomic mass is 10.1. The first-order chi connectivity index (χ1) is 13.3. The largest absolute Gasteiger partial charge is 0.355 e. The predicted molar refractivity (Wildman–Crippen MR) is 111 cm³/mol. The second-order valence-electron chi connectivity index (χ2n) is 6.69. The summed E-state index contributed by atoms with van der Waals surface area (Å²) in [5.74, 6) is 0. The number of rotatable bonds is 4. The van der Waals surface area contributed by atoms with Crippen LogP contribution < -0.4 is 10.9 Å². The van der Waals surface area contributed by atoms with Gasteiger partial charge in [0.15, 0.2) is 9.84 Å². The Balaban J connectivity index is 1.99. The van der Waals surface area contributed by atoms with Gasteiger partial charge in [-0.1, -0.05) is 18.2 Å². The second-order valence-corrected chi connectivity index (χ2v) is 8.71. The molecule has 4 rings (SSSR count). The van der Waals surface area contributed by atoms with Crippen molar-refractivity contribution in [1.29, 1.82) is 0 Å². The summed E-state index contributed by atoms with van der Waals surface area (Å²) in [5, 5.41) is 3.34. The first-order valence-corrected chi connectivity index (χ1v) is 10.6. The van der Waals surface area contributed by atoms with Crippen LogP contribution in [0.2, 0.25) is 0 Å². The molecule has 0 saturated heterocycles. The highest BCUT2D eigenvalue weighted by Gasteiger charge is 2.17. The molecule has 0 unspecified atom stereocenters. The summed E-state index contributed by atoms with van der Waals surface area (Å²) in [7, 11) is -3.38. The molecule has 0 atom stereocenters. The second kappa shape index (κ2) is 6.69. The summed E-state index contributed by atoms with van der Waals surface area (Å²) in [6, 6.07) is 16.5. The van der Waals surface area contributed by atoms with Crippen LogP contribution in [0.3, 0.4) is 0 Å². The van der Waals surface area contributed by atoms with Crippen LogP contribution in [-0.4, -0.2) is 24.1 Å². The summed E-state index contributed by atoms with van der Waals surface area (Å²) in [6.45, 7) is 1.86. The number of nitrogens with zero attached hydrogens (tertiary/aromatic N) is 1. The van der Waals surface area contributed by atoms with Crippen LogP contribution >= 0.6 is 0 Å². The van der Waals surface area contributed by atoms with Gasteiger partial charge in [-0.2, -0.15) is 0 Å². The number of aromatic nitrogens is 2. The zero-order chi connectivity index (χ0) is 19.9. The Hall–Kier alpha value is -3.32. The lowest BCUT2D eigenvalue weighted by Gasteiger charge is -2.14. The van der Waals surface area contributed by atoms with Crippen molar-refractivity contribution in [2.24, 2.45) is 0 Å². The highest BCUT2D eigenvalue weighted by Crippen LogP contribution is 2.34. The molecule has 142 valence electrons. The van der Waals surface area contributed by atoms with Gasteiger partial charge in [-0.05, 0) is 48.9 Å². The van der Waals surface area contributed by atoms with Gasteiger partial charge in [-0.3, -0.25) is 4.79 Å². The fraction of sp³-hybridized carbons (Fsp3) is 0.0952. The first-order valence-electron chi connectivity index (χ1n) is 8.70. The van der Waals surface area contributed by atoms with Crippen LogP contribution in [0.25, 0.3) is 16.8 Å². The third kappa shape index (κ3) is 3.20. The van der Waals surface area contributed by atoms with E-state index in [-0.39, 0.29) is 10.5 Å². The van der Waals surface area contributed by atoms with Crippen LogP contribution in [0.5, 0.6) is 0 Å². The molecule has 2 aromatic heterocycles. The van der Waals surface area contributed by atoms with Crippen LogP contribution in [0.1, 0.15) is 5.56 Å². The van der Waals surface area contributed by atoms with E-state index in [0.29, 0.717) is 11.1 Å². The average Bonchev–Trinajstić information content (AvgIpc) is 3.00. The smallest absolute Gasteiger partial charge is 0.272 e. The Morgan fingerprint density at radius 2 is 1.79 bits per heavy atom. The molecule has 0 aliphatic rings. The molecule has 0 radical (unpaired) electrons. The third-order valence-electron chi connectivity index (χ3n) is 4.63. The fourth-order valence-corrected chi connectivity index (χ4v) is 3.96. The summed E-state index contributed by atoms with van der Waals surface area (Å²) < 4.78 is 26.0. The third-order valence-corrected chi connectivity index (χ3v) is 5.74. The maximum atomic E-state index is 12.3. The number of para-hydroxylation sites is 1. The number of hydrogen-bond donors (Lipinski definition) is 2. The molecular weight excluding hydrogens is 374 g/mol. The van der Waals surface area contributed by atoms with Gasteiger partial charge < -0.3 is 14.7 Å². The minimum atomic E-state index is -3.38. The SMILES string of the molecule is Cc1cc(-c2cc(S(C)(=O)=O)ccc2Nc2ccccc2)n2cc[nH]c(=O)c12. The molecule has 0 saturated carbocycles. The zero-order valence-corrected chi connectivity index (χ0v) is 16.2. The number of H-pyrrole nitrogens is 1. The summed E-state index contributed by atoms with van der Waals surface area (Å²) >= 11 is 0. The van der Waals surface area contributed by atoms with Crippen LogP contribution in [0.4, 0.5) is 11.4 Å². The van der Waals surface area contributed by atoms with E-state index < -0.39 is 9.84 Å². The average molecular weight is 393 g/mol. The van der Waals surface area contributed by atoms with E-state index >= 15 is 0 Å². The van der Waals surface area contributed by atoms with E-state index in [1.165, 1.54) is 6.26 Å². The Labute approximate surface area is 162 Å². The number of anilines is 2. The van der Waals surface area contributed by atoms with Gasteiger partial charge >= 0.3 is 0 Å². The molecule has 0 aliphatic heterocycles. The standard InChI is InChI=1S/C21H19N3O3S/c1-14-12-19(24-11-10-22-21(25)20(14)24)17-13-16(28(2,26)27)8-9-18(17)23-15-6-4-3-5-7-15/h3-13,23H,1-2H3,(H,22,25). The van der Waals surface area contributed by atoms with Crippen LogP contribution in [-0.2, 0) is 9.84 Å². The normalized spacial score (nSPS) is 11.6. The molecule has 2 aromatic carbocycles. The van der Waals surface area contributed by atoms with Crippen molar-refractivity contribution in [3.63, 3.8) is 0 Å². The monoisotopic (exact) mass is 393 g/mol. The van der Waals surface area contributed by atoms with E-state index in [9.17, 15) is 13.2 Å². The van der Waals surface area contributed by atoms with E-state index in [2.05, 4.69) is 10.3 Å². The van der Waals surface area contributed by atoms with E-state index in [1.54, 1.807) is 35.0 Å². The predicted octanol–water partition coefficient (Wildman–Crippen LogP) is 3.75. The van der Waals surface area contributed by atoms with Gasteiger partial charge in [0.25, 0.3) is 5.56 Å². The highest BCUT2D eigenvalue weighted by molar-refractivity contribution is 7.90. The molecule has 0 bridgehead atoms. The van der Waals surface area contributed by atoms with Gasteiger partial charge in [0.2, 0.25) is 0 Å². The van der Waals surface area contributed by atoms with Crippen molar-refractivity contribution in [2.45, 2.75) is 11.8 Å². The molecule has 4 aromatic rings. The molecule has 7 heteroatoms. The van der Waals surface area contributed by atoms with Crippen LogP contribution in [0, 0.1) is 6.92 Å². The Morgan fingerprint density at radius 1 is 1.04 bits per heavy atom. The van der Waals surface area contributed by atoms with Gasteiger partial charge in [-0.15, -0.1) is 0 Å². The van der Waals surface area contributed by atoms with Gasteiger partial charge in [0.05, 0.1) is 10.6 Å². The molecule has 28 heavy (non-hydrogen) atoms. The van der Waals surface area contributed by atoms with Crippen LogP contribution in [0.15, 0.2) is 76.7 Å². The van der Waals surface area contributed by atoms with Crippen molar-refractivity contribution in [2.75, 3.05) is 11.6 Å². The topological polar surface area (TPSA) is 83.4 Å². The molecule has 2 N–H and O–H groups in total. The Bertz CT molecular complexity index is 1340. The minimum Gasteiger partial charge on any atom is -0.355 e. The number of aromatic amines is 1. The molecular formula is C21H19N3O3S. The Kier molecular flexibility index (Phi) is 4.31. The number of aryl methyl sites for hydroxylation is 1. The van der Waals surface area contributed by atoms with E-state index in [0.717, 1.165) is 22.6 Å². The van der Waals surface area contributed by atoms with Crippen molar-refractivity contribution in [3.05, 3.63) is 82.9 Å². The van der Waals surface area contributed by atoms with E-state index in [1.807, 2.05) is 43.3 Å². The maximum Gasteiger partial charge on any atom is 0.272 e. The lowest BCUT2D eigenvalue weighted by molar-refractivity contribution is 0.602. The molecule has 0 aliphatic carbocycles. The molecule has 0 amide bonds. The van der Waals surface area contributed by atoms with E-state index in [4.69, 9.17) is 0 Å². The Morgan fingerprint density at radius 3 is 2.50 bits per heavy atom. The lowest BCUT2D eigenvalue weighted by Crippen LogP contribution is -2.09. The summed E-state index contributed by atoms with van der Waals surface area (Å²) in [4.78, 5) is 15.2. The minimum absolute atomic E-state index is 0.192. The summed E-state index contributed by atoms with van der Waals surface area (Å²) in [5.41, 5.74) is 4.22. The van der Waals surface area contributed by atoms with Crippen molar-refractivity contribution >= 4 is 26.7 Å².